The average Bonchev–Trinajstić information content (AvgIpc) is 2.63. The van der Waals surface area contributed by atoms with Crippen molar-refractivity contribution in [3.05, 3.63) is 23.8 Å². The molecule has 4 heteroatoms. The van der Waals surface area contributed by atoms with Crippen molar-refractivity contribution in [2.75, 3.05) is 40.4 Å². The first-order chi connectivity index (χ1) is 11.7. The molecular formula is C20H32N2O2. The molecule has 0 N–H and O–H groups in total. The van der Waals surface area contributed by atoms with E-state index in [9.17, 15) is 0 Å². The van der Waals surface area contributed by atoms with Gasteiger partial charge in [0, 0.05) is 50.4 Å². The number of benzene rings is 1. The lowest BCUT2D eigenvalue weighted by atomic mass is 9.86. The maximum Gasteiger partial charge on any atom is 0.127 e. The first kappa shape index (κ1) is 17.6. The van der Waals surface area contributed by atoms with Crippen LogP contribution in [0.25, 0.3) is 0 Å². The molecule has 4 nitrogen and oxygen atoms in total. The monoisotopic (exact) mass is 332 g/mol. The van der Waals surface area contributed by atoms with Crippen LogP contribution in [0.1, 0.15) is 38.2 Å². The fourth-order valence-electron chi connectivity index (χ4n) is 4.12. The van der Waals surface area contributed by atoms with Crippen LogP contribution in [0.2, 0.25) is 0 Å². The van der Waals surface area contributed by atoms with Crippen LogP contribution in [-0.2, 0) is 6.54 Å². The molecular weight excluding hydrogens is 300 g/mol. The van der Waals surface area contributed by atoms with Gasteiger partial charge in [-0.3, -0.25) is 9.80 Å². The van der Waals surface area contributed by atoms with E-state index in [2.05, 4.69) is 22.8 Å². The van der Waals surface area contributed by atoms with Crippen LogP contribution in [0.5, 0.6) is 11.5 Å². The quantitative estimate of drug-likeness (QED) is 0.825. The Morgan fingerprint density at radius 1 is 0.958 bits per heavy atom. The lowest BCUT2D eigenvalue weighted by Crippen LogP contribution is -2.50. The van der Waals surface area contributed by atoms with Crippen molar-refractivity contribution >= 4 is 0 Å². The Labute approximate surface area is 146 Å². The van der Waals surface area contributed by atoms with E-state index < -0.39 is 0 Å². The molecule has 0 spiro atoms. The van der Waals surface area contributed by atoms with E-state index in [0.717, 1.165) is 43.1 Å². The largest absolute Gasteiger partial charge is 0.497 e. The maximum atomic E-state index is 5.54. The number of hydrogen-bond acceptors (Lipinski definition) is 4. The molecule has 1 aromatic carbocycles. The number of rotatable bonds is 5. The number of ether oxygens (including phenoxy) is 2. The molecule has 0 unspecified atom stereocenters. The zero-order chi connectivity index (χ0) is 16.9. The maximum absolute atomic E-state index is 5.54. The van der Waals surface area contributed by atoms with Crippen LogP contribution < -0.4 is 9.47 Å². The van der Waals surface area contributed by atoms with Crippen molar-refractivity contribution in [1.82, 2.24) is 9.80 Å². The molecule has 0 amide bonds. The highest BCUT2D eigenvalue weighted by molar-refractivity contribution is 5.40. The molecule has 3 rings (SSSR count). The van der Waals surface area contributed by atoms with E-state index in [-0.39, 0.29) is 0 Å². The van der Waals surface area contributed by atoms with Crippen molar-refractivity contribution in [2.24, 2.45) is 5.92 Å². The van der Waals surface area contributed by atoms with Crippen molar-refractivity contribution in [1.29, 1.82) is 0 Å². The van der Waals surface area contributed by atoms with Gasteiger partial charge >= 0.3 is 0 Å². The van der Waals surface area contributed by atoms with Gasteiger partial charge in [0.2, 0.25) is 0 Å². The van der Waals surface area contributed by atoms with Crippen molar-refractivity contribution in [3.63, 3.8) is 0 Å². The lowest BCUT2D eigenvalue weighted by molar-refractivity contribution is 0.0686. The Hall–Kier alpha value is -1.26. The molecule has 134 valence electrons. The van der Waals surface area contributed by atoms with Crippen LogP contribution in [0.15, 0.2) is 18.2 Å². The van der Waals surface area contributed by atoms with Crippen molar-refractivity contribution in [2.45, 2.75) is 45.2 Å². The minimum Gasteiger partial charge on any atom is -0.497 e. The fraction of sp³-hybridized carbons (Fsp3) is 0.700. The second-order valence-corrected chi connectivity index (χ2v) is 7.40. The summed E-state index contributed by atoms with van der Waals surface area (Å²) in [5.41, 5.74) is 1.25. The summed E-state index contributed by atoms with van der Waals surface area (Å²) in [6.07, 6.45) is 5.61. The molecule has 1 aliphatic carbocycles. The van der Waals surface area contributed by atoms with Crippen LogP contribution >= 0.6 is 0 Å². The zero-order valence-corrected chi connectivity index (χ0v) is 15.5. The summed E-state index contributed by atoms with van der Waals surface area (Å²) in [4.78, 5) is 5.28. The van der Waals surface area contributed by atoms with Crippen LogP contribution in [-0.4, -0.2) is 56.2 Å². The van der Waals surface area contributed by atoms with Crippen LogP contribution in [0, 0.1) is 5.92 Å². The highest BCUT2D eigenvalue weighted by atomic mass is 16.5. The molecule has 1 aliphatic heterocycles. The summed E-state index contributed by atoms with van der Waals surface area (Å²) in [7, 11) is 3.43. The van der Waals surface area contributed by atoms with Gasteiger partial charge in [-0.15, -0.1) is 0 Å². The smallest absolute Gasteiger partial charge is 0.127 e. The van der Waals surface area contributed by atoms with Gasteiger partial charge in [-0.2, -0.15) is 0 Å². The van der Waals surface area contributed by atoms with Gasteiger partial charge in [0.1, 0.15) is 11.5 Å². The molecule has 0 bridgehead atoms. The van der Waals surface area contributed by atoms with E-state index in [1.165, 1.54) is 44.3 Å². The van der Waals surface area contributed by atoms with E-state index in [1.54, 1.807) is 14.2 Å². The molecule has 0 atom stereocenters. The highest BCUT2D eigenvalue weighted by Gasteiger charge is 2.27. The SMILES string of the molecule is COc1ccc(CN2CCN(C3CCC(C)CC3)CC2)c(OC)c1. The number of hydrogen-bond donors (Lipinski definition) is 0. The Balaban J connectivity index is 1.52. The normalized spacial score (nSPS) is 26.3. The molecule has 2 fully saturated rings. The third-order valence-corrected chi connectivity index (χ3v) is 5.80. The average molecular weight is 332 g/mol. The van der Waals surface area contributed by atoms with Gasteiger partial charge < -0.3 is 9.47 Å². The topological polar surface area (TPSA) is 24.9 Å². The molecule has 1 saturated carbocycles. The third-order valence-electron chi connectivity index (χ3n) is 5.80. The minimum absolute atomic E-state index is 0.832. The summed E-state index contributed by atoms with van der Waals surface area (Å²) in [5, 5.41) is 0. The molecule has 1 saturated heterocycles. The summed E-state index contributed by atoms with van der Waals surface area (Å²) in [6.45, 7) is 8.08. The van der Waals surface area contributed by atoms with Gasteiger partial charge in [0.15, 0.2) is 0 Å². The van der Waals surface area contributed by atoms with Crippen molar-refractivity contribution < 1.29 is 9.47 Å². The Morgan fingerprint density at radius 3 is 2.29 bits per heavy atom. The first-order valence-corrected chi connectivity index (χ1v) is 9.37. The van der Waals surface area contributed by atoms with Crippen LogP contribution in [0.3, 0.4) is 0 Å². The fourth-order valence-corrected chi connectivity index (χ4v) is 4.12. The molecule has 24 heavy (non-hydrogen) atoms. The Morgan fingerprint density at radius 2 is 1.67 bits per heavy atom. The van der Waals surface area contributed by atoms with E-state index in [0.29, 0.717) is 0 Å². The highest BCUT2D eigenvalue weighted by Crippen LogP contribution is 2.29. The van der Waals surface area contributed by atoms with Gasteiger partial charge in [-0.1, -0.05) is 13.0 Å². The van der Waals surface area contributed by atoms with E-state index in [4.69, 9.17) is 9.47 Å². The minimum atomic E-state index is 0.832. The van der Waals surface area contributed by atoms with E-state index >= 15 is 0 Å². The summed E-state index contributed by atoms with van der Waals surface area (Å²) in [6, 6.07) is 6.97. The van der Waals surface area contributed by atoms with Crippen LogP contribution in [0.4, 0.5) is 0 Å². The predicted molar refractivity (Wildman–Crippen MR) is 97.8 cm³/mol. The van der Waals surface area contributed by atoms with Gasteiger partial charge in [0.25, 0.3) is 0 Å². The third kappa shape index (κ3) is 4.22. The second-order valence-electron chi connectivity index (χ2n) is 7.40. The van der Waals surface area contributed by atoms with Gasteiger partial charge in [-0.25, -0.2) is 0 Å². The van der Waals surface area contributed by atoms with Crippen molar-refractivity contribution in [3.8, 4) is 11.5 Å². The number of methoxy groups -OCH3 is 2. The number of nitrogens with zero attached hydrogens (tertiary/aromatic N) is 2. The van der Waals surface area contributed by atoms with E-state index in [1.807, 2.05) is 12.1 Å². The molecule has 1 heterocycles. The lowest BCUT2D eigenvalue weighted by Gasteiger charge is -2.41. The summed E-state index contributed by atoms with van der Waals surface area (Å²) in [5.74, 6) is 2.72. The molecule has 0 radical (unpaired) electrons. The molecule has 1 aromatic rings. The Bertz CT molecular complexity index is 518. The first-order valence-electron chi connectivity index (χ1n) is 9.37. The second kappa shape index (κ2) is 8.21. The summed E-state index contributed by atoms with van der Waals surface area (Å²) >= 11 is 0. The Kier molecular flexibility index (Phi) is 6.01. The van der Waals surface area contributed by atoms with Gasteiger partial charge in [-0.05, 0) is 37.7 Å². The van der Waals surface area contributed by atoms with Gasteiger partial charge in [0.05, 0.1) is 14.2 Å². The molecule has 0 aromatic heterocycles. The standard InChI is InChI=1S/C20H32N2O2/c1-16-4-7-18(8-5-16)22-12-10-21(11-13-22)15-17-6-9-19(23-2)14-20(17)24-3/h6,9,14,16,18H,4-5,7-8,10-13,15H2,1-3H3. The number of piperazine rings is 1. The zero-order valence-electron chi connectivity index (χ0n) is 15.5. The predicted octanol–water partition coefficient (Wildman–Crippen LogP) is 3.40. The summed E-state index contributed by atoms with van der Waals surface area (Å²) < 4.78 is 10.8. The molecule has 2 aliphatic rings.